The molecule has 1 N–H and O–H groups in total. The van der Waals surface area contributed by atoms with Crippen molar-refractivity contribution in [3.8, 4) is 0 Å². The summed E-state index contributed by atoms with van der Waals surface area (Å²) in [5.41, 5.74) is 3.01. The van der Waals surface area contributed by atoms with E-state index in [2.05, 4.69) is 21.4 Å². The molecule has 2 aromatic rings. The predicted octanol–water partition coefficient (Wildman–Crippen LogP) is 3.90. The van der Waals surface area contributed by atoms with Gasteiger partial charge in [0.05, 0.1) is 16.3 Å². The Bertz CT molecular complexity index is 923. The van der Waals surface area contributed by atoms with Crippen LogP contribution in [0.4, 0.5) is 11.4 Å². The number of nitrogens with zero attached hydrogens (tertiary/aromatic N) is 2. The molecule has 0 unspecified atom stereocenters. The largest absolute Gasteiger partial charge is 0.367 e. The summed E-state index contributed by atoms with van der Waals surface area (Å²) in [5.74, 6) is 0. The molecule has 1 aliphatic heterocycles. The summed E-state index contributed by atoms with van der Waals surface area (Å²) in [6.07, 6.45) is 0. The minimum absolute atomic E-state index is 0.296. The van der Waals surface area contributed by atoms with E-state index in [1.54, 1.807) is 25.1 Å². The van der Waals surface area contributed by atoms with E-state index >= 15 is 0 Å². The third-order valence-electron chi connectivity index (χ3n) is 5.00. The molecule has 1 saturated heterocycles. The minimum atomic E-state index is -3.71. The van der Waals surface area contributed by atoms with E-state index < -0.39 is 10.0 Å². The number of anilines is 2. The number of aryl methyl sites for hydroxylation is 2. The van der Waals surface area contributed by atoms with Crippen LogP contribution >= 0.6 is 11.6 Å². The van der Waals surface area contributed by atoms with Gasteiger partial charge in [0.2, 0.25) is 0 Å². The summed E-state index contributed by atoms with van der Waals surface area (Å²) in [6, 6.07) is 10.8. The number of hydrogen-bond donors (Lipinski definition) is 1. The first-order valence-corrected chi connectivity index (χ1v) is 11.0. The molecular weight excluding hydrogens is 382 g/mol. The van der Waals surface area contributed by atoms with E-state index in [4.69, 9.17) is 11.6 Å². The Hall–Kier alpha value is -1.76. The van der Waals surface area contributed by atoms with Crippen LogP contribution in [0.15, 0.2) is 41.3 Å². The van der Waals surface area contributed by atoms with Gasteiger partial charge in [0.25, 0.3) is 10.0 Å². The fourth-order valence-electron chi connectivity index (χ4n) is 3.37. The van der Waals surface area contributed by atoms with Gasteiger partial charge in [-0.3, -0.25) is 4.72 Å². The molecule has 1 aliphatic rings. The van der Waals surface area contributed by atoms with E-state index in [1.165, 1.54) is 0 Å². The molecule has 0 atom stereocenters. The second kappa shape index (κ2) is 8.09. The van der Waals surface area contributed by atoms with Crippen LogP contribution in [0.25, 0.3) is 0 Å². The van der Waals surface area contributed by atoms with Gasteiger partial charge in [-0.25, -0.2) is 8.42 Å². The topological polar surface area (TPSA) is 52.6 Å². The highest BCUT2D eigenvalue weighted by Crippen LogP contribution is 2.32. The maximum Gasteiger partial charge on any atom is 0.262 e. The molecule has 5 nitrogen and oxygen atoms in total. The zero-order valence-electron chi connectivity index (χ0n) is 16.0. The monoisotopic (exact) mass is 407 g/mol. The summed E-state index contributed by atoms with van der Waals surface area (Å²) >= 11 is 6.17. The lowest BCUT2D eigenvalue weighted by Crippen LogP contribution is -2.46. The Morgan fingerprint density at radius 2 is 1.74 bits per heavy atom. The van der Waals surface area contributed by atoms with Crippen LogP contribution in [0.1, 0.15) is 18.1 Å². The molecule has 146 valence electrons. The average Bonchev–Trinajstić information content (AvgIpc) is 2.63. The third-order valence-corrected chi connectivity index (χ3v) is 6.74. The maximum atomic E-state index is 13.0. The lowest BCUT2D eigenvalue weighted by atomic mass is 10.2. The molecule has 0 aliphatic carbocycles. The van der Waals surface area contributed by atoms with Crippen molar-refractivity contribution in [1.82, 2.24) is 4.90 Å². The van der Waals surface area contributed by atoms with Gasteiger partial charge in [0.1, 0.15) is 0 Å². The second-order valence-electron chi connectivity index (χ2n) is 6.96. The van der Waals surface area contributed by atoms with Crippen molar-refractivity contribution >= 4 is 33.0 Å². The molecule has 0 bridgehead atoms. The Morgan fingerprint density at radius 3 is 2.41 bits per heavy atom. The number of hydrogen-bond acceptors (Lipinski definition) is 4. The van der Waals surface area contributed by atoms with Crippen molar-refractivity contribution < 1.29 is 8.42 Å². The fourth-order valence-corrected chi connectivity index (χ4v) is 4.94. The van der Waals surface area contributed by atoms with Crippen LogP contribution in [-0.2, 0) is 10.0 Å². The van der Waals surface area contributed by atoms with E-state index in [1.807, 2.05) is 25.1 Å². The van der Waals surface area contributed by atoms with Crippen molar-refractivity contribution in [2.45, 2.75) is 25.7 Å². The minimum Gasteiger partial charge on any atom is -0.367 e. The van der Waals surface area contributed by atoms with E-state index in [0.29, 0.717) is 21.2 Å². The Labute approximate surface area is 167 Å². The number of likely N-dealkylation sites (N-methyl/N-ethyl adjacent to an activating group) is 1. The van der Waals surface area contributed by atoms with Crippen molar-refractivity contribution in [3.05, 3.63) is 52.5 Å². The summed E-state index contributed by atoms with van der Waals surface area (Å²) in [5, 5.41) is 0.504. The molecule has 0 radical (unpaired) electrons. The van der Waals surface area contributed by atoms with Crippen molar-refractivity contribution in [1.29, 1.82) is 0 Å². The van der Waals surface area contributed by atoms with Gasteiger partial charge in [0, 0.05) is 31.2 Å². The first kappa shape index (κ1) is 20.0. The smallest absolute Gasteiger partial charge is 0.262 e. The molecule has 3 rings (SSSR count). The molecular formula is C20H26ClN3O2S. The Kier molecular flexibility index (Phi) is 5.99. The van der Waals surface area contributed by atoms with Gasteiger partial charge in [-0.1, -0.05) is 30.7 Å². The molecule has 7 heteroatoms. The SMILES string of the molecule is CCN1CCN(c2ccc(Cl)cc2NS(=O)(=O)c2cc(C)ccc2C)CC1. The predicted molar refractivity (Wildman–Crippen MR) is 113 cm³/mol. The highest BCUT2D eigenvalue weighted by Gasteiger charge is 2.23. The average molecular weight is 408 g/mol. The highest BCUT2D eigenvalue weighted by atomic mass is 35.5. The zero-order chi connectivity index (χ0) is 19.6. The van der Waals surface area contributed by atoms with Crippen molar-refractivity contribution in [2.24, 2.45) is 0 Å². The molecule has 1 heterocycles. The van der Waals surface area contributed by atoms with Gasteiger partial charge in [-0.15, -0.1) is 0 Å². The van der Waals surface area contributed by atoms with Crippen LogP contribution < -0.4 is 9.62 Å². The van der Waals surface area contributed by atoms with Crippen LogP contribution in [0.3, 0.4) is 0 Å². The van der Waals surface area contributed by atoms with Crippen LogP contribution in [0.2, 0.25) is 5.02 Å². The maximum absolute atomic E-state index is 13.0. The Balaban J connectivity index is 1.92. The van der Waals surface area contributed by atoms with E-state index in [0.717, 1.165) is 44.0 Å². The summed E-state index contributed by atoms with van der Waals surface area (Å²) in [6.45, 7) is 10.5. The molecule has 27 heavy (non-hydrogen) atoms. The first-order chi connectivity index (χ1) is 12.8. The molecule has 1 fully saturated rings. The van der Waals surface area contributed by atoms with Crippen molar-refractivity contribution in [2.75, 3.05) is 42.3 Å². The van der Waals surface area contributed by atoms with Crippen molar-refractivity contribution in [3.63, 3.8) is 0 Å². The fraction of sp³-hybridized carbons (Fsp3) is 0.400. The standard InChI is InChI=1S/C20H26ClN3O2S/c1-4-23-9-11-24(12-10-23)19-8-7-17(21)14-18(19)22-27(25,26)20-13-15(2)5-6-16(20)3/h5-8,13-14,22H,4,9-12H2,1-3H3. The van der Waals surface area contributed by atoms with Gasteiger partial charge in [0.15, 0.2) is 0 Å². The highest BCUT2D eigenvalue weighted by molar-refractivity contribution is 7.92. The molecule has 0 aromatic heterocycles. The normalized spacial score (nSPS) is 15.8. The zero-order valence-corrected chi connectivity index (χ0v) is 17.6. The van der Waals surface area contributed by atoms with E-state index in [-0.39, 0.29) is 0 Å². The number of rotatable bonds is 5. The van der Waals surface area contributed by atoms with Gasteiger partial charge in [-0.05, 0) is 55.8 Å². The quantitative estimate of drug-likeness (QED) is 0.816. The molecule has 0 amide bonds. The number of benzene rings is 2. The second-order valence-corrected chi connectivity index (χ2v) is 9.04. The van der Waals surface area contributed by atoms with Crippen LogP contribution in [-0.4, -0.2) is 46.0 Å². The number of piperazine rings is 1. The Morgan fingerprint density at radius 1 is 1.04 bits per heavy atom. The van der Waals surface area contributed by atoms with Gasteiger partial charge < -0.3 is 9.80 Å². The number of sulfonamides is 1. The van der Waals surface area contributed by atoms with E-state index in [9.17, 15) is 8.42 Å². The van der Waals surface area contributed by atoms with Gasteiger partial charge >= 0.3 is 0 Å². The molecule has 2 aromatic carbocycles. The summed E-state index contributed by atoms with van der Waals surface area (Å²) in [4.78, 5) is 4.89. The summed E-state index contributed by atoms with van der Waals surface area (Å²) in [7, 11) is -3.71. The lowest BCUT2D eigenvalue weighted by Gasteiger charge is -2.36. The number of halogens is 1. The number of nitrogens with one attached hydrogen (secondary N) is 1. The third kappa shape index (κ3) is 4.57. The molecule has 0 spiro atoms. The lowest BCUT2D eigenvalue weighted by molar-refractivity contribution is 0.271. The molecule has 0 saturated carbocycles. The first-order valence-electron chi connectivity index (χ1n) is 9.17. The summed E-state index contributed by atoms with van der Waals surface area (Å²) < 4.78 is 28.8. The van der Waals surface area contributed by atoms with Crippen LogP contribution in [0, 0.1) is 13.8 Å². The van der Waals surface area contributed by atoms with Crippen LogP contribution in [0.5, 0.6) is 0 Å². The van der Waals surface area contributed by atoms with Gasteiger partial charge in [-0.2, -0.15) is 0 Å².